The van der Waals surface area contributed by atoms with Crippen molar-refractivity contribution in [3.05, 3.63) is 60.2 Å². The lowest BCUT2D eigenvalue weighted by Gasteiger charge is -2.17. The molecule has 0 saturated heterocycles. The Labute approximate surface area is 133 Å². The average molecular weight is 356 g/mol. The van der Waals surface area contributed by atoms with Gasteiger partial charge in [0.2, 0.25) is 0 Å². The number of hydrogen-bond acceptors (Lipinski definition) is 7. The van der Waals surface area contributed by atoms with Crippen molar-refractivity contribution in [3.8, 4) is 0 Å². The first-order valence-electron chi connectivity index (χ1n) is 6.12. The number of nitrogens with zero attached hydrogens (tertiary/aromatic N) is 1. The Morgan fingerprint density at radius 1 is 0.913 bits per heavy atom. The maximum Gasteiger partial charge on any atom is 0.390 e. The Hall–Kier alpha value is -2.27. The quantitative estimate of drug-likeness (QED) is 0.462. The predicted octanol–water partition coefficient (Wildman–Crippen LogP) is 0.830. The number of para-hydroxylation sites is 1. The molecule has 0 bridgehead atoms. The zero-order chi connectivity index (χ0) is 17.1. The lowest BCUT2D eigenvalue weighted by atomic mass is 10.2. The van der Waals surface area contributed by atoms with Gasteiger partial charge in [-0.3, -0.25) is 4.79 Å². The highest BCUT2D eigenvalue weighted by Crippen LogP contribution is 2.20. The lowest BCUT2D eigenvalue weighted by molar-refractivity contribution is 0.112. The van der Waals surface area contributed by atoms with Gasteiger partial charge in [-0.1, -0.05) is 30.3 Å². The zero-order valence-corrected chi connectivity index (χ0v) is 13.2. The van der Waals surface area contributed by atoms with Crippen molar-refractivity contribution in [1.29, 1.82) is 0 Å². The molecule has 0 aliphatic heterocycles. The summed E-state index contributed by atoms with van der Waals surface area (Å²) in [5.41, 5.74) is 0.260. The summed E-state index contributed by atoms with van der Waals surface area (Å²) in [6.45, 7) is 0. The highest BCUT2D eigenvalue weighted by molar-refractivity contribution is 8.00. The monoisotopic (exact) mass is 356 g/mol. The van der Waals surface area contributed by atoms with Crippen LogP contribution in [0.5, 0.6) is 0 Å². The Morgan fingerprint density at radius 3 is 2.00 bits per heavy atom. The first kappa shape index (κ1) is 17.1. The van der Waals surface area contributed by atoms with Gasteiger partial charge in [-0.25, -0.2) is 5.84 Å². The van der Waals surface area contributed by atoms with Crippen LogP contribution in [0.4, 0.5) is 5.69 Å². The SMILES string of the molecule is NN(c1ccccc1)S(=O)(=O)OS(=O)(=O)c1ccc(C=O)cc1. The van der Waals surface area contributed by atoms with Gasteiger partial charge in [-0.15, -0.1) is 3.63 Å². The van der Waals surface area contributed by atoms with Crippen LogP contribution in [0.2, 0.25) is 0 Å². The number of hydrazine groups is 1. The molecule has 2 N–H and O–H groups in total. The average Bonchev–Trinajstić information content (AvgIpc) is 2.54. The van der Waals surface area contributed by atoms with E-state index in [1.165, 1.54) is 36.4 Å². The molecule has 0 heterocycles. The van der Waals surface area contributed by atoms with E-state index in [0.29, 0.717) is 6.29 Å². The van der Waals surface area contributed by atoms with E-state index in [1.807, 2.05) is 0 Å². The molecule has 0 amide bonds. The predicted molar refractivity (Wildman–Crippen MR) is 82.1 cm³/mol. The van der Waals surface area contributed by atoms with Gasteiger partial charge in [0.25, 0.3) is 0 Å². The second-order valence-corrected chi connectivity index (χ2v) is 7.47. The molecule has 0 aromatic heterocycles. The standard InChI is InChI=1S/C13H12N2O6S2/c14-15(12-4-2-1-3-5-12)23(19,20)21-22(17,18)13-8-6-11(10-16)7-9-13/h1-10H,14H2. The summed E-state index contributed by atoms with van der Waals surface area (Å²) in [7, 11) is -9.40. The number of nitrogens with two attached hydrogens (primary N) is 1. The number of carbonyl (C=O) groups excluding carboxylic acids is 1. The molecule has 2 aromatic rings. The molecule has 0 aliphatic rings. The molecule has 122 valence electrons. The second kappa shape index (κ2) is 6.46. The highest BCUT2D eigenvalue weighted by Gasteiger charge is 2.29. The third-order valence-corrected chi connectivity index (χ3v) is 5.68. The summed E-state index contributed by atoms with van der Waals surface area (Å²) in [4.78, 5) is 10.1. The first-order valence-corrected chi connectivity index (χ1v) is 8.90. The van der Waals surface area contributed by atoms with Gasteiger partial charge < -0.3 is 0 Å². The minimum Gasteiger partial charge on any atom is -0.298 e. The smallest absolute Gasteiger partial charge is 0.298 e. The van der Waals surface area contributed by atoms with Crippen LogP contribution in [0, 0.1) is 0 Å². The molecular formula is C13H12N2O6S2. The summed E-state index contributed by atoms with van der Waals surface area (Å²) in [5, 5.41) is 0. The maximum atomic E-state index is 12.0. The van der Waals surface area contributed by atoms with Gasteiger partial charge in [-0.2, -0.15) is 21.2 Å². The molecule has 0 aliphatic carbocycles. The van der Waals surface area contributed by atoms with Gasteiger partial charge in [-0.05, 0) is 24.3 Å². The molecule has 0 unspecified atom stereocenters. The van der Waals surface area contributed by atoms with Crippen molar-refractivity contribution in [2.24, 2.45) is 5.84 Å². The van der Waals surface area contributed by atoms with E-state index in [0.717, 1.165) is 12.1 Å². The fourth-order valence-corrected chi connectivity index (χ4v) is 3.93. The van der Waals surface area contributed by atoms with Gasteiger partial charge >= 0.3 is 20.4 Å². The number of anilines is 1. The van der Waals surface area contributed by atoms with Gasteiger partial charge in [0.1, 0.15) is 6.29 Å². The molecular weight excluding hydrogens is 344 g/mol. The lowest BCUT2D eigenvalue weighted by Crippen LogP contribution is -2.39. The minimum atomic E-state index is -4.78. The van der Waals surface area contributed by atoms with Crippen molar-refractivity contribution in [2.75, 3.05) is 4.41 Å². The van der Waals surface area contributed by atoms with Crippen LogP contribution in [-0.2, 0) is 24.1 Å². The van der Waals surface area contributed by atoms with E-state index >= 15 is 0 Å². The number of hydrogen-bond donors (Lipinski definition) is 1. The van der Waals surface area contributed by atoms with E-state index in [9.17, 15) is 21.6 Å². The Kier molecular flexibility index (Phi) is 4.80. The largest absolute Gasteiger partial charge is 0.390 e. The number of carbonyl (C=O) groups is 1. The normalized spacial score (nSPS) is 11.9. The molecule has 0 saturated carbocycles. The molecule has 2 rings (SSSR count). The van der Waals surface area contributed by atoms with E-state index in [4.69, 9.17) is 5.84 Å². The van der Waals surface area contributed by atoms with Crippen molar-refractivity contribution in [1.82, 2.24) is 0 Å². The molecule has 0 spiro atoms. The Balaban J connectivity index is 2.29. The molecule has 8 nitrogen and oxygen atoms in total. The minimum absolute atomic E-state index is 0.0269. The second-order valence-electron chi connectivity index (χ2n) is 4.30. The van der Waals surface area contributed by atoms with Crippen LogP contribution in [0.1, 0.15) is 10.4 Å². The molecule has 0 fully saturated rings. The Morgan fingerprint density at radius 2 is 1.48 bits per heavy atom. The summed E-state index contributed by atoms with van der Waals surface area (Å²) in [5.74, 6) is 5.41. The first-order chi connectivity index (χ1) is 10.8. The van der Waals surface area contributed by atoms with Crippen LogP contribution < -0.4 is 10.3 Å². The van der Waals surface area contributed by atoms with E-state index in [-0.39, 0.29) is 15.7 Å². The molecule has 23 heavy (non-hydrogen) atoms. The van der Waals surface area contributed by atoms with E-state index in [2.05, 4.69) is 3.63 Å². The number of rotatable bonds is 6. The van der Waals surface area contributed by atoms with Crippen LogP contribution in [0.15, 0.2) is 59.5 Å². The molecule has 2 aromatic carbocycles. The number of aldehydes is 1. The van der Waals surface area contributed by atoms with Crippen LogP contribution in [0.3, 0.4) is 0 Å². The number of benzene rings is 2. The molecule has 0 radical (unpaired) electrons. The molecule has 0 atom stereocenters. The molecule has 10 heteroatoms. The topological polar surface area (TPSA) is 124 Å². The summed E-state index contributed by atoms with van der Waals surface area (Å²) < 4.78 is 52.5. The zero-order valence-electron chi connectivity index (χ0n) is 11.6. The summed E-state index contributed by atoms with van der Waals surface area (Å²) in [6, 6.07) is 12.0. The third-order valence-electron chi connectivity index (χ3n) is 2.73. The van der Waals surface area contributed by atoms with Crippen molar-refractivity contribution < 1.29 is 25.3 Å². The summed E-state index contributed by atoms with van der Waals surface area (Å²) >= 11 is 0. The fourth-order valence-electron chi connectivity index (χ4n) is 1.60. The van der Waals surface area contributed by atoms with Gasteiger partial charge in [0.15, 0.2) is 0 Å². The maximum absolute atomic E-state index is 12.0. The highest BCUT2D eigenvalue weighted by atomic mass is 32.3. The van der Waals surface area contributed by atoms with Crippen molar-refractivity contribution in [3.63, 3.8) is 0 Å². The van der Waals surface area contributed by atoms with Crippen LogP contribution in [-0.4, -0.2) is 23.1 Å². The van der Waals surface area contributed by atoms with Crippen molar-refractivity contribution in [2.45, 2.75) is 4.90 Å². The van der Waals surface area contributed by atoms with Gasteiger partial charge in [0.05, 0.1) is 10.6 Å². The summed E-state index contributed by atoms with van der Waals surface area (Å²) in [6.07, 6.45) is 0.519. The van der Waals surface area contributed by atoms with E-state index < -0.39 is 25.3 Å². The van der Waals surface area contributed by atoms with Crippen LogP contribution >= 0.6 is 0 Å². The van der Waals surface area contributed by atoms with Gasteiger partial charge in [0, 0.05) is 5.56 Å². The third kappa shape index (κ3) is 3.93. The Bertz CT molecular complexity index is 893. The van der Waals surface area contributed by atoms with Crippen molar-refractivity contribution >= 4 is 32.4 Å². The van der Waals surface area contributed by atoms with Crippen LogP contribution in [0.25, 0.3) is 0 Å². The fraction of sp³-hybridized carbons (Fsp3) is 0. The van der Waals surface area contributed by atoms with E-state index in [1.54, 1.807) is 6.07 Å².